The molecule has 5 rings (SSSR count). The quantitative estimate of drug-likeness (QED) is 0.433. The molecule has 0 fully saturated rings. The molecule has 0 spiro atoms. The number of anilines is 1. The summed E-state index contributed by atoms with van der Waals surface area (Å²) in [5, 5.41) is 4.25. The van der Waals surface area contributed by atoms with Crippen LogP contribution in [0.4, 0.5) is 10.1 Å². The van der Waals surface area contributed by atoms with Crippen LogP contribution in [0.5, 0.6) is 0 Å². The minimum absolute atomic E-state index is 0.340. The Labute approximate surface area is 183 Å². The van der Waals surface area contributed by atoms with Gasteiger partial charge in [-0.15, -0.1) is 0 Å². The lowest BCUT2D eigenvalue weighted by Crippen LogP contribution is -2.10. The van der Waals surface area contributed by atoms with Crippen LogP contribution < -0.4 is 4.72 Å². The standard InChI is InChI=1S/C23H18FN5O2S/c1-32(30,31)27-19-11-17(16-3-5-18(24)6-4-16)12-21(13-19)28-15-25-22-14-20(7-8-23(22)28)29-10-2-9-26-29/h2-15,27H,1H3. The predicted octanol–water partition coefficient (Wildman–Crippen LogP) is 4.39. The van der Waals surface area contributed by atoms with E-state index in [-0.39, 0.29) is 5.82 Å². The maximum absolute atomic E-state index is 13.4. The van der Waals surface area contributed by atoms with Gasteiger partial charge in [0, 0.05) is 18.1 Å². The largest absolute Gasteiger partial charge is 0.299 e. The molecular formula is C23H18FN5O2S. The SMILES string of the molecule is CS(=O)(=O)Nc1cc(-c2ccc(F)cc2)cc(-n2cnc3cc(-n4cccn4)ccc32)c1. The minimum Gasteiger partial charge on any atom is -0.299 e. The number of fused-ring (bicyclic) bond motifs is 1. The summed E-state index contributed by atoms with van der Waals surface area (Å²) in [5.74, 6) is -0.340. The van der Waals surface area contributed by atoms with Crippen LogP contribution in [0.25, 0.3) is 33.5 Å². The van der Waals surface area contributed by atoms with E-state index in [2.05, 4.69) is 14.8 Å². The second kappa shape index (κ2) is 7.61. The topological polar surface area (TPSA) is 81.8 Å². The van der Waals surface area contributed by atoms with Crippen LogP contribution in [0.1, 0.15) is 0 Å². The van der Waals surface area contributed by atoms with Crippen LogP contribution in [0.2, 0.25) is 0 Å². The maximum atomic E-state index is 13.4. The normalized spacial score (nSPS) is 11.7. The summed E-state index contributed by atoms with van der Waals surface area (Å²) < 4.78 is 43.3. The van der Waals surface area contributed by atoms with Crippen LogP contribution in [0.15, 0.2) is 85.5 Å². The zero-order valence-corrected chi connectivity index (χ0v) is 17.8. The molecule has 2 heterocycles. The van der Waals surface area contributed by atoms with Crippen LogP contribution in [-0.2, 0) is 10.0 Å². The van der Waals surface area contributed by atoms with E-state index in [1.807, 2.05) is 41.1 Å². The van der Waals surface area contributed by atoms with E-state index < -0.39 is 10.0 Å². The first-order valence-electron chi connectivity index (χ1n) is 9.72. The Morgan fingerprint density at radius 3 is 2.47 bits per heavy atom. The number of aromatic nitrogens is 4. The fourth-order valence-corrected chi connectivity index (χ4v) is 4.15. The van der Waals surface area contributed by atoms with Crippen molar-refractivity contribution in [2.24, 2.45) is 0 Å². The molecule has 0 radical (unpaired) electrons. The first-order valence-corrected chi connectivity index (χ1v) is 11.6. The summed E-state index contributed by atoms with van der Waals surface area (Å²) >= 11 is 0. The van der Waals surface area contributed by atoms with E-state index in [1.165, 1.54) is 12.1 Å². The van der Waals surface area contributed by atoms with Crippen LogP contribution in [-0.4, -0.2) is 34.0 Å². The number of nitrogens with one attached hydrogen (secondary N) is 1. The fraction of sp³-hybridized carbons (Fsp3) is 0.0435. The second-order valence-electron chi connectivity index (χ2n) is 7.39. The molecule has 32 heavy (non-hydrogen) atoms. The Bertz CT molecular complexity index is 1520. The van der Waals surface area contributed by atoms with Crippen LogP contribution in [0.3, 0.4) is 0 Å². The lowest BCUT2D eigenvalue weighted by Gasteiger charge is -2.13. The molecule has 3 aromatic carbocycles. The number of halogens is 1. The molecule has 0 saturated heterocycles. The highest BCUT2D eigenvalue weighted by atomic mass is 32.2. The van der Waals surface area contributed by atoms with Crippen LogP contribution in [0, 0.1) is 5.82 Å². The van der Waals surface area contributed by atoms with Gasteiger partial charge < -0.3 is 0 Å². The van der Waals surface area contributed by atoms with Gasteiger partial charge in [-0.2, -0.15) is 5.10 Å². The summed E-state index contributed by atoms with van der Waals surface area (Å²) in [6.07, 6.45) is 6.35. The maximum Gasteiger partial charge on any atom is 0.229 e. The molecule has 5 aromatic rings. The Balaban J connectivity index is 1.64. The van der Waals surface area contributed by atoms with Crippen molar-refractivity contribution in [3.63, 3.8) is 0 Å². The van der Waals surface area contributed by atoms with Gasteiger partial charge in [-0.05, 0) is 65.7 Å². The second-order valence-corrected chi connectivity index (χ2v) is 9.14. The molecule has 0 atom stereocenters. The van der Waals surface area contributed by atoms with Gasteiger partial charge in [0.15, 0.2) is 0 Å². The van der Waals surface area contributed by atoms with Gasteiger partial charge in [-0.25, -0.2) is 22.5 Å². The van der Waals surface area contributed by atoms with Gasteiger partial charge in [0.05, 0.1) is 28.7 Å². The monoisotopic (exact) mass is 447 g/mol. The molecule has 0 amide bonds. The Hall–Kier alpha value is -3.98. The van der Waals surface area contributed by atoms with E-state index in [9.17, 15) is 12.8 Å². The Morgan fingerprint density at radius 2 is 1.75 bits per heavy atom. The Kier molecular flexibility index (Phi) is 4.75. The van der Waals surface area contributed by atoms with Crippen molar-refractivity contribution >= 4 is 26.7 Å². The summed E-state index contributed by atoms with van der Waals surface area (Å²) in [5.41, 5.74) is 5.11. The van der Waals surface area contributed by atoms with E-state index >= 15 is 0 Å². The molecule has 0 saturated carbocycles. The fourth-order valence-electron chi connectivity index (χ4n) is 3.60. The highest BCUT2D eigenvalue weighted by Crippen LogP contribution is 2.29. The van der Waals surface area contributed by atoms with Gasteiger partial charge in [0.25, 0.3) is 0 Å². The predicted molar refractivity (Wildman–Crippen MR) is 122 cm³/mol. The van der Waals surface area contributed by atoms with Gasteiger partial charge in [0.1, 0.15) is 12.1 Å². The van der Waals surface area contributed by atoms with Crippen molar-refractivity contribution < 1.29 is 12.8 Å². The number of rotatable bonds is 5. The lowest BCUT2D eigenvalue weighted by molar-refractivity contribution is 0.607. The minimum atomic E-state index is -3.49. The first-order chi connectivity index (χ1) is 15.4. The molecule has 0 aliphatic heterocycles. The first kappa shape index (κ1) is 20.0. The third-order valence-electron chi connectivity index (χ3n) is 4.98. The number of hydrogen-bond acceptors (Lipinski definition) is 4. The van der Waals surface area contributed by atoms with Crippen molar-refractivity contribution in [1.29, 1.82) is 0 Å². The van der Waals surface area contributed by atoms with E-state index in [0.717, 1.165) is 34.1 Å². The molecule has 160 valence electrons. The molecule has 0 unspecified atom stereocenters. The smallest absolute Gasteiger partial charge is 0.229 e. The number of nitrogens with zero attached hydrogens (tertiary/aromatic N) is 4. The highest BCUT2D eigenvalue weighted by molar-refractivity contribution is 7.92. The summed E-state index contributed by atoms with van der Waals surface area (Å²) in [7, 11) is -3.49. The average molecular weight is 447 g/mol. The van der Waals surface area contributed by atoms with Crippen molar-refractivity contribution in [2.75, 3.05) is 11.0 Å². The van der Waals surface area contributed by atoms with Crippen molar-refractivity contribution in [1.82, 2.24) is 19.3 Å². The molecular weight excluding hydrogens is 429 g/mol. The molecule has 9 heteroatoms. The molecule has 0 aliphatic carbocycles. The van der Waals surface area contributed by atoms with E-state index in [0.29, 0.717) is 11.4 Å². The third-order valence-corrected chi connectivity index (χ3v) is 5.58. The van der Waals surface area contributed by atoms with Crippen LogP contribution >= 0.6 is 0 Å². The van der Waals surface area contributed by atoms with Gasteiger partial charge >= 0.3 is 0 Å². The summed E-state index contributed by atoms with van der Waals surface area (Å²) in [6, 6.07) is 19.1. The number of imidazole rings is 1. The van der Waals surface area contributed by atoms with Crippen molar-refractivity contribution in [3.05, 3.63) is 91.3 Å². The molecule has 0 aliphatic rings. The molecule has 0 bridgehead atoms. The van der Waals surface area contributed by atoms with Crippen molar-refractivity contribution in [3.8, 4) is 22.5 Å². The van der Waals surface area contributed by atoms with E-state index in [1.54, 1.807) is 41.5 Å². The molecule has 2 aromatic heterocycles. The lowest BCUT2D eigenvalue weighted by atomic mass is 10.0. The van der Waals surface area contributed by atoms with Gasteiger partial charge in [-0.3, -0.25) is 9.29 Å². The number of benzene rings is 3. The number of hydrogen-bond donors (Lipinski definition) is 1. The highest BCUT2D eigenvalue weighted by Gasteiger charge is 2.12. The summed E-state index contributed by atoms with van der Waals surface area (Å²) in [4.78, 5) is 4.52. The average Bonchev–Trinajstić information content (AvgIpc) is 3.42. The van der Waals surface area contributed by atoms with Gasteiger partial charge in [-0.1, -0.05) is 12.1 Å². The molecule has 7 nitrogen and oxygen atoms in total. The van der Waals surface area contributed by atoms with Gasteiger partial charge in [0.2, 0.25) is 10.0 Å². The Morgan fingerprint density at radius 1 is 0.938 bits per heavy atom. The number of sulfonamides is 1. The zero-order chi connectivity index (χ0) is 22.3. The zero-order valence-electron chi connectivity index (χ0n) is 17.0. The van der Waals surface area contributed by atoms with E-state index in [4.69, 9.17) is 0 Å². The molecule has 1 N–H and O–H groups in total. The van der Waals surface area contributed by atoms with Crippen molar-refractivity contribution in [2.45, 2.75) is 0 Å². The summed E-state index contributed by atoms with van der Waals surface area (Å²) in [6.45, 7) is 0. The third kappa shape index (κ3) is 3.97.